The van der Waals surface area contributed by atoms with Gasteiger partial charge < -0.3 is 5.32 Å². The van der Waals surface area contributed by atoms with E-state index in [1.165, 1.54) is 5.56 Å². The number of hydrogen-bond donors (Lipinski definition) is 1. The lowest BCUT2D eigenvalue weighted by molar-refractivity contribution is 0.537. The van der Waals surface area contributed by atoms with Crippen LogP contribution < -0.4 is 5.32 Å². The van der Waals surface area contributed by atoms with Crippen molar-refractivity contribution in [2.75, 3.05) is 6.54 Å². The highest BCUT2D eigenvalue weighted by Gasteiger charge is 2.02. The van der Waals surface area contributed by atoms with Crippen molar-refractivity contribution in [2.45, 2.75) is 32.2 Å². The summed E-state index contributed by atoms with van der Waals surface area (Å²) in [6.45, 7) is 3.17. The van der Waals surface area contributed by atoms with Crippen molar-refractivity contribution < 1.29 is 0 Å². The average molecular weight is 236 g/mol. The fourth-order valence-electron chi connectivity index (χ4n) is 1.59. The summed E-state index contributed by atoms with van der Waals surface area (Å²) in [5, 5.41) is 4.24. The first-order valence-electron chi connectivity index (χ1n) is 5.63. The topological polar surface area (TPSA) is 12.0 Å². The molecule has 0 amide bonds. The molecule has 0 saturated heterocycles. The summed E-state index contributed by atoms with van der Waals surface area (Å²) in [4.78, 5) is 0. The van der Waals surface area contributed by atoms with Gasteiger partial charge in [-0.25, -0.2) is 0 Å². The van der Waals surface area contributed by atoms with Crippen molar-refractivity contribution >= 4 is 11.6 Å². The molecule has 1 N–H and O–H groups in total. The molecule has 0 aromatic heterocycles. The third-order valence-electron chi connectivity index (χ3n) is 2.45. The summed E-state index contributed by atoms with van der Waals surface area (Å²) in [5.41, 5.74) is 1.31. The van der Waals surface area contributed by atoms with Crippen molar-refractivity contribution in [3.63, 3.8) is 0 Å². The number of rotatable bonds is 6. The van der Waals surface area contributed by atoms with Gasteiger partial charge in [-0.3, -0.25) is 0 Å². The van der Waals surface area contributed by atoms with Crippen LogP contribution in [0.25, 0.3) is 0 Å². The van der Waals surface area contributed by atoms with Gasteiger partial charge in [0, 0.05) is 17.5 Å². The van der Waals surface area contributed by atoms with E-state index in [1.54, 1.807) is 0 Å². The molecular formula is C14H18ClN. The molecule has 1 aromatic carbocycles. The standard InChI is InChI=1S/C14H18ClN/c1-3-4-5-10-16-12(2)11-13-6-8-14(15)9-7-13/h1,6-9,12,16H,4-5,10-11H2,2H3. The Morgan fingerprint density at radius 2 is 2.06 bits per heavy atom. The Labute approximate surface area is 103 Å². The number of benzene rings is 1. The molecule has 1 unspecified atom stereocenters. The highest BCUT2D eigenvalue weighted by atomic mass is 35.5. The molecule has 1 nitrogen and oxygen atoms in total. The van der Waals surface area contributed by atoms with E-state index < -0.39 is 0 Å². The van der Waals surface area contributed by atoms with E-state index in [0.717, 1.165) is 30.8 Å². The molecule has 0 heterocycles. The molecule has 16 heavy (non-hydrogen) atoms. The van der Waals surface area contributed by atoms with Crippen LogP contribution in [0.1, 0.15) is 25.3 Å². The predicted octanol–water partition coefficient (Wildman–Crippen LogP) is 3.27. The molecule has 0 saturated carbocycles. The van der Waals surface area contributed by atoms with Crippen LogP contribution in [0.5, 0.6) is 0 Å². The van der Waals surface area contributed by atoms with Crippen LogP contribution in [0.3, 0.4) is 0 Å². The van der Waals surface area contributed by atoms with Crippen LogP contribution in [-0.2, 0) is 6.42 Å². The second-order valence-electron chi connectivity index (χ2n) is 3.99. The van der Waals surface area contributed by atoms with Gasteiger partial charge in [-0.05, 0) is 44.0 Å². The molecule has 0 bridgehead atoms. The second kappa shape index (κ2) is 7.33. The third kappa shape index (κ3) is 5.21. The van der Waals surface area contributed by atoms with Gasteiger partial charge in [0.2, 0.25) is 0 Å². The van der Waals surface area contributed by atoms with E-state index in [0.29, 0.717) is 6.04 Å². The Morgan fingerprint density at radius 1 is 1.38 bits per heavy atom. The maximum Gasteiger partial charge on any atom is 0.0406 e. The minimum atomic E-state index is 0.471. The fourth-order valence-corrected chi connectivity index (χ4v) is 1.71. The Bertz CT molecular complexity index is 337. The average Bonchev–Trinajstić information content (AvgIpc) is 2.28. The maximum atomic E-state index is 5.83. The molecule has 1 atom stereocenters. The Hall–Kier alpha value is -0.970. The van der Waals surface area contributed by atoms with Crippen LogP contribution in [0, 0.1) is 12.3 Å². The Kier molecular flexibility index (Phi) is 6.00. The van der Waals surface area contributed by atoms with Gasteiger partial charge in [0.15, 0.2) is 0 Å². The smallest absolute Gasteiger partial charge is 0.0406 e. The molecule has 2 heteroatoms. The third-order valence-corrected chi connectivity index (χ3v) is 2.70. The summed E-state index contributed by atoms with van der Waals surface area (Å²) in [6.07, 6.45) is 8.10. The Balaban J connectivity index is 2.26. The first-order valence-corrected chi connectivity index (χ1v) is 6.01. The van der Waals surface area contributed by atoms with Crippen molar-refractivity contribution in [2.24, 2.45) is 0 Å². The number of halogens is 1. The molecule has 0 spiro atoms. The van der Waals surface area contributed by atoms with Crippen LogP contribution in [0.2, 0.25) is 5.02 Å². The largest absolute Gasteiger partial charge is 0.314 e. The van der Waals surface area contributed by atoms with Crippen molar-refractivity contribution in [3.05, 3.63) is 34.9 Å². The molecule has 0 aliphatic rings. The van der Waals surface area contributed by atoms with Gasteiger partial charge in [0.25, 0.3) is 0 Å². The summed E-state index contributed by atoms with van der Waals surface area (Å²) in [7, 11) is 0. The maximum absolute atomic E-state index is 5.83. The van der Waals surface area contributed by atoms with Gasteiger partial charge in [-0.2, -0.15) is 0 Å². The molecule has 0 fully saturated rings. The van der Waals surface area contributed by atoms with Crippen molar-refractivity contribution in [1.29, 1.82) is 0 Å². The molecule has 1 rings (SSSR count). The van der Waals surface area contributed by atoms with E-state index >= 15 is 0 Å². The van der Waals surface area contributed by atoms with Crippen LogP contribution in [-0.4, -0.2) is 12.6 Å². The molecule has 1 aromatic rings. The van der Waals surface area contributed by atoms with Gasteiger partial charge >= 0.3 is 0 Å². The SMILES string of the molecule is C#CCCCNC(C)Cc1ccc(Cl)cc1. The number of terminal acetylenes is 1. The normalized spacial score (nSPS) is 12.1. The highest BCUT2D eigenvalue weighted by molar-refractivity contribution is 6.30. The quantitative estimate of drug-likeness (QED) is 0.590. The predicted molar refractivity (Wildman–Crippen MR) is 70.7 cm³/mol. The van der Waals surface area contributed by atoms with E-state index in [-0.39, 0.29) is 0 Å². The van der Waals surface area contributed by atoms with E-state index in [1.807, 2.05) is 12.1 Å². The van der Waals surface area contributed by atoms with Crippen LogP contribution in [0.15, 0.2) is 24.3 Å². The van der Waals surface area contributed by atoms with Gasteiger partial charge in [0.05, 0.1) is 0 Å². The van der Waals surface area contributed by atoms with Crippen LogP contribution >= 0.6 is 11.6 Å². The zero-order chi connectivity index (χ0) is 11.8. The van der Waals surface area contributed by atoms with E-state index in [4.69, 9.17) is 18.0 Å². The summed E-state index contributed by atoms with van der Waals surface area (Å²) >= 11 is 5.83. The minimum Gasteiger partial charge on any atom is -0.314 e. The van der Waals surface area contributed by atoms with E-state index in [9.17, 15) is 0 Å². The second-order valence-corrected chi connectivity index (χ2v) is 4.43. The molecule has 0 radical (unpaired) electrons. The zero-order valence-electron chi connectivity index (χ0n) is 9.67. The lowest BCUT2D eigenvalue weighted by Gasteiger charge is -2.13. The Morgan fingerprint density at radius 3 is 2.69 bits per heavy atom. The minimum absolute atomic E-state index is 0.471. The van der Waals surface area contributed by atoms with Crippen molar-refractivity contribution in [3.8, 4) is 12.3 Å². The van der Waals surface area contributed by atoms with Gasteiger partial charge in [-0.15, -0.1) is 12.3 Å². The lowest BCUT2D eigenvalue weighted by atomic mass is 10.1. The summed E-state index contributed by atoms with van der Waals surface area (Å²) in [6, 6.07) is 8.48. The van der Waals surface area contributed by atoms with Gasteiger partial charge in [-0.1, -0.05) is 23.7 Å². The number of hydrogen-bond acceptors (Lipinski definition) is 1. The monoisotopic (exact) mass is 235 g/mol. The molecular weight excluding hydrogens is 218 g/mol. The summed E-state index contributed by atoms with van der Waals surface area (Å²) < 4.78 is 0. The van der Waals surface area contributed by atoms with Gasteiger partial charge in [0.1, 0.15) is 0 Å². The van der Waals surface area contributed by atoms with E-state index in [2.05, 4.69) is 30.3 Å². The van der Waals surface area contributed by atoms with Crippen LogP contribution in [0.4, 0.5) is 0 Å². The lowest BCUT2D eigenvalue weighted by Crippen LogP contribution is -2.28. The fraction of sp³-hybridized carbons (Fsp3) is 0.429. The first kappa shape index (κ1) is 13.1. The molecule has 0 aliphatic heterocycles. The molecule has 0 aliphatic carbocycles. The molecule has 86 valence electrons. The number of nitrogens with one attached hydrogen (secondary N) is 1. The number of unbranched alkanes of at least 4 members (excludes halogenated alkanes) is 1. The summed E-state index contributed by atoms with van der Waals surface area (Å²) in [5.74, 6) is 2.64. The zero-order valence-corrected chi connectivity index (χ0v) is 10.4. The highest BCUT2D eigenvalue weighted by Crippen LogP contribution is 2.10. The van der Waals surface area contributed by atoms with Crippen molar-refractivity contribution in [1.82, 2.24) is 5.32 Å². The first-order chi connectivity index (χ1) is 7.72.